The molecule has 44 heavy (non-hydrogen) atoms. The molecule has 0 saturated carbocycles. The second-order valence-electron chi connectivity index (χ2n) is 11.0. The summed E-state index contributed by atoms with van der Waals surface area (Å²) < 4.78 is 0. The Balaban J connectivity index is 1.32. The van der Waals surface area contributed by atoms with E-state index >= 15 is 0 Å². The lowest BCUT2D eigenvalue weighted by Gasteiger charge is -2.34. The minimum Gasteiger partial charge on any atom is -0.279 e. The molecule has 0 unspecified atom stereocenters. The Labute approximate surface area is 257 Å². The normalized spacial score (nSPS) is 12.7. The van der Waals surface area contributed by atoms with Crippen LogP contribution in [0.3, 0.4) is 0 Å². The first-order valence-corrected chi connectivity index (χ1v) is 14.9. The molecule has 0 aliphatic heterocycles. The van der Waals surface area contributed by atoms with Crippen molar-refractivity contribution in [1.82, 2.24) is 9.97 Å². The zero-order valence-electron chi connectivity index (χ0n) is 24.1. The summed E-state index contributed by atoms with van der Waals surface area (Å²) in [5, 5.41) is 0. The van der Waals surface area contributed by atoms with Crippen LogP contribution in [-0.2, 0) is 5.41 Å². The van der Waals surface area contributed by atoms with Gasteiger partial charge in [-0.1, -0.05) is 127 Å². The van der Waals surface area contributed by atoms with Crippen LogP contribution in [0.2, 0.25) is 0 Å². The van der Waals surface area contributed by atoms with E-state index in [4.69, 9.17) is 4.98 Å². The minimum absolute atomic E-state index is 0.452. The van der Waals surface area contributed by atoms with Gasteiger partial charge in [-0.15, -0.1) is 0 Å². The highest BCUT2D eigenvalue weighted by atomic mass is 15.2. The largest absolute Gasteiger partial charge is 0.279 e. The second-order valence-corrected chi connectivity index (χ2v) is 11.0. The van der Waals surface area contributed by atoms with Crippen molar-refractivity contribution < 1.29 is 0 Å². The Morgan fingerprint density at radius 2 is 1.05 bits per heavy atom. The van der Waals surface area contributed by atoms with E-state index in [0.29, 0.717) is 0 Å². The maximum Gasteiger partial charge on any atom is 0.139 e. The third-order valence-electron chi connectivity index (χ3n) is 8.61. The number of hydrogen-bond donors (Lipinski definition) is 0. The highest BCUT2D eigenvalue weighted by molar-refractivity contribution is 5.86. The molecule has 0 atom stereocenters. The first-order chi connectivity index (χ1) is 21.8. The van der Waals surface area contributed by atoms with Gasteiger partial charge in [0.1, 0.15) is 11.6 Å². The van der Waals surface area contributed by atoms with Crippen molar-refractivity contribution in [2.24, 2.45) is 0 Å². The molecule has 5 aromatic carbocycles. The lowest BCUT2D eigenvalue weighted by atomic mass is 9.67. The van der Waals surface area contributed by atoms with Crippen molar-refractivity contribution in [3.05, 3.63) is 198 Å². The van der Waals surface area contributed by atoms with Crippen molar-refractivity contribution in [3.8, 4) is 22.4 Å². The number of hydrogen-bond acceptors (Lipinski definition) is 3. The Morgan fingerprint density at radius 3 is 1.75 bits per heavy atom. The maximum atomic E-state index is 5.23. The van der Waals surface area contributed by atoms with Crippen LogP contribution in [0.5, 0.6) is 0 Å². The van der Waals surface area contributed by atoms with Crippen LogP contribution in [0.25, 0.3) is 22.4 Å². The van der Waals surface area contributed by atoms with Crippen molar-refractivity contribution in [2.45, 2.75) is 5.41 Å². The van der Waals surface area contributed by atoms with E-state index in [1.807, 2.05) is 48.7 Å². The molecule has 0 N–H and O–H groups in total. The van der Waals surface area contributed by atoms with E-state index in [-0.39, 0.29) is 0 Å². The van der Waals surface area contributed by atoms with Crippen molar-refractivity contribution in [3.63, 3.8) is 0 Å². The summed E-state index contributed by atoms with van der Waals surface area (Å²) in [5.41, 5.74) is 10.2. The van der Waals surface area contributed by atoms with E-state index in [9.17, 15) is 0 Å². The Kier molecular flexibility index (Phi) is 6.35. The molecule has 7 aromatic rings. The zero-order chi connectivity index (χ0) is 29.3. The van der Waals surface area contributed by atoms with Crippen LogP contribution < -0.4 is 4.90 Å². The molecular weight excluding hydrogens is 534 g/mol. The summed E-state index contributed by atoms with van der Waals surface area (Å²) in [4.78, 5) is 12.0. The Bertz CT molecular complexity index is 1990. The number of para-hydroxylation sites is 1. The molecule has 3 nitrogen and oxygen atoms in total. The summed E-state index contributed by atoms with van der Waals surface area (Å²) in [6, 6.07) is 60.0. The van der Waals surface area contributed by atoms with Crippen LogP contribution in [-0.4, -0.2) is 9.97 Å². The van der Waals surface area contributed by atoms with Gasteiger partial charge in [0, 0.05) is 17.4 Å². The highest BCUT2D eigenvalue weighted by Gasteiger charge is 2.45. The van der Waals surface area contributed by atoms with Gasteiger partial charge in [0.2, 0.25) is 0 Å². The average Bonchev–Trinajstić information content (AvgIpc) is 3.41. The van der Waals surface area contributed by atoms with E-state index in [0.717, 1.165) is 28.6 Å². The van der Waals surface area contributed by atoms with Crippen LogP contribution in [0.15, 0.2) is 176 Å². The van der Waals surface area contributed by atoms with Crippen molar-refractivity contribution in [2.75, 3.05) is 4.90 Å². The summed E-state index contributed by atoms with van der Waals surface area (Å²) in [6.07, 6.45) is 1.82. The molecule has 0 amide bonds. The van der Waals surface area contributed by atoms with Crippen LogP contribution >= 0.6 is 0 Å². The highest BCUT2D eigenvalue weighted by Crippen LogP contribution is 2.56. The number of rotatable bonds is 6. The van der Waals surface area contributed by atoms with Gasteiger partial charge < -0.3 is 0 Å². The zero-order valence-corrected chi connectivity index (χ0v) is 24.1. The molecule has 0 spiro atoms. The number of aromatic nitrogens is 2. The van der Waals surface area contributed by atoms with Crippen LogP contribution in [0.4, 0.5) is 17.3 Å². The third kappa shape index (κ3) is 4.13. The lowest BCUT2D eigenvalue weighted by Crippen LogP contribution is -2.28. The van der Waals surface area contributed by atoms with Gasteiger partial charge in [0.25, 0.3) is 0 Å². The molecule has 0 fully saturated rings. The molecule has 8 rings (SSSR count). The summed E-state index contributed by atoms with van der Waals surface area (Å²) in [6.45, 7) is 0. The summed E-state index contributed by atoms with van der Waals surface area (Å²) >= 11 is 0. The summed E-state index contributed by atoms with van der Waals surface area (Å²) in [7, 11) is 0. The topological polar surface area (TPSA) is 29.0 Å². The molecule has 3 heteroatoms. The quantitative estimate of drug-likeness (QED) is 0.202. The molecule has 0 bridgehead atoms. The first-order valence-electron chi connectivity index (χ1n) is 14.9. The average molecular weight is 564 g/mol. The minimum atomic E-state index is -0.452. The number of pyridine rings is 2. The van der Waals surface area contributed by atoms with Crippen LogP contribution in [0.1, 0.15) is 22.3 Å². The van der Waals surface area contributed by atoms with Gasteiger partial charge in [0.15, 0.2) is 0 Å². The van der Waals surface area contributed by atoms with Gasteiger partial charge in [-0.2, -0.15) is 0 Å². The van der Waals surface area contributed by atoms with Gasteiger partial charge in [-0.25, -0.2) is 9.97 Å². The van der Waals surface area contributed by atoms with Gasteiger partial charge in [-0.3, -0.25) is 4.90 Å². The van der Waals surface area contributed by atoms with Gasteiger partial charge in [0.05, 0.1) is 11.1 Å². The molecular formula is C41H29N3. The SMILES string of the molecule is c1ccc(N(c2ccccn2)c2cccc(-c3cccc(C4(c5ccccc5)c5ccccc5-c5ccccc54)c3)n2)cc1. The molecule has 2 aromatic heterocycles. The fraction of sp³-hybridized carbons (Fsp3) is 0.0244. The van der Waals surface area contributed by atoms with E-state index < -0.39 is 5.41 Å². The Hall–Kier alpha value is -5.80. The van der Waals surface area contributed by atoms with E-state index in [1.54, 1.807) is 0 Å². The molecule has 0 radical (unpaired) electrons. The molecule has 1 aliphatic carbocycles. The first kappa shape index (κ1) is 25.9. The molecule has 1 aliphatic rings. The maximum absolute atomic E-state index is 5.23. The van der Waals surface area contributed by atoms with Crippen LogP contribution in [0, 0.1) is 0 Å². The number of fused-ring (bicyclic) bond motifs is 3. The number of benzene rings is 5. The van der Waals surface area contributed by atoms with Crippen molar-refractivity contribution in [1.29, 1.82) is 0 Å². The fourth-order valence-electron chi connectivity index (χ4n) is 6.78. The predicted molar refractivity (Wildman–Crippen MR) is 179 cm³/mol. The van der Waals surface area contributed by atoms with Gasteiger partial charge >= 0.3 is 0 Å². The second kappa shape index (κ2) is 10.8. The number of nitrogens with zero attached hydrogens (tertiary/aromatic N) is 3. The Morgan fingerprint density at radius 1 is 0.455 bits per heavy atom. The number of anilines is 3. The molecule has 2 heterocycles. The lowest BCUT2D eigenvalue weighted by molar-refractivity contribution is 0.769. The summed E-state index contributed by atoms with van der Waals surface area (Å²) in [5.74, 6) is 1.63. The molecule has 0 saturated heterocycles. The smallest absolute Gasteiger partial charge is 0.139 e. The van der Waals surface area contributed by atoms with E-state index in [1.165, 1.54) is 33.4 Å². The van der Waals surface area contributed by atoms with Gasteiger partial charge in [-0.05, 0) is 75.8 Å². The molecule has 208 valence electrons. The third-order valence-corrected chi connectivity index (χ3v) is 8.61. The standard InChI is InChI=1S/C41H29N3/c1-3-16-31(17-4-1)41(36-23-9-7-21-34(36)35-22-8-10-24-37(35)41)32-18-13-15-30(29-32)38-25-14-27-40(43-38)44(33-19-5-2-6-20-33)39-26-11-12-28-42-39/h1-29H. The van der Waals surface area contributed by atoms with E-state index in [2.05, 4.69) is 137 Å². The predicted octanol–water partition coefficient (Wildman–Crippen LogP) is 9.98. The fourth-order valence-corrected chi connectivity index (χ4v) is 6.78. The monoisotopic (exact) mass is 563 g/mol. The van der Waals surface area contributed by atoms with Crippen molar-refractivity contribution >= 4 is 17.3 Å².